The van der Waals surface area contributed by atoms with Crippen molar-refractivity contribution in [1.82, 2.24) is 0 Å². The first-order valence-electron chi connectivity index (χ1n) is 5.83. The molecule has 0 nitrogen and oxygen atoms in total. The molecule has 1 atom stereocenters. The second-order valence-corrected chi connectivity index (χ2v) is 5.48. The average Bonchev–Trinajstić information content (AvgIpc) is 2.64. The SMILES string of the molecule is CC1C(c2ccccc2)=C(I)c2ccccc21. The predicted molar refractivity (Wildman–Crippen MR) is 82.1 cm³/mol. The molecule has 3 rings (SSSR count). The number of fused-ring (bicyclic) bond motifs is 1. The lowest BCUT2D eigenvalue weighted by Crippen LogP contribution is -1.92. The van der Waals surface area contributed by atoms with E-state index in [4.69, 9.17) is 0 Å². The van der Waals surface area contributed by atoms with Crippen molar-refractivity contribution < 1.29 is 0 Å². The van der Waals surface area contributed by atoms with Crippen LogP contribution in [0, 0.1) is 0 Å². The Morgan fingerprint density at radius 2 is 1.53 bits per heavy atom. The third-order valence-corrected chi connectivity index (χ3v) is 4.58. The molecule has 0 amide bonds. The fourth-order valence-corrected chi connectivity index (χ4v) is 3.83. The zero-order valence-corrected chi connectivity index (χ0v) is 11.8. The van der Waals surface area contributed by atoms with Gasteiger partial charge in [0.1, 0.15) is 0 Å². The Morgan fingerprint density at radius 1 is 0.882 bits per heavy atom. The minimum Gasteiger partial charge on any atom is -0.0622 e. The van der Waals surface area contributed by atoms with E-state index in [1.54, 1.807) is 0 Å². The zero-order valence-electron chi connectivity index (χ0n) is 9.65. The number of benzene rings is 2. The summed E-state index contributed by atoms with van der Waals surface area (Å²) in [5, 5.41) is 0. The van der Waals surface area contributed by atoms with Gasteiger partial charge in [0.25, 0.3) is 0 Å². The van der Waals surface area contributed by atoms with E-state index < -0.39 is 0 Å². The molecule has 0 aromatic heterocycles. The molecule has 2 aromatic carbocycles. The maximum Gasteiger partial charge on any atom is 0.0249 e. The quantitative estimate of drug-likeness (QED) is 0.637. The highest BCUT2D eigenvalue weighted by Gasteiger charge is 2.26. The smallest absolute Gasteiger partial charge is 0.0249 e. The summed E-state index contributed by atoms with van der Waals surface area (Å²) in [6, 6.07) is 19.4. The van der Waals surface area contributed by atoms with Gasteiger partial charge < -0.3 is 0 Å². The zero-order chi connectivity index (χ0) is 11.8. The van der Waals surface area contributed by atoms with Crippen molar-refractivity contribution >= 4 is 31.7 Å². The normalized spacial score (nSPS) is 18.4. The third-order valence-electron chi connectivity index (χ3n) is 3.42. The summed E-state index contributed by atoms with van der Waals surface area (Å²) in [5.41, 5.74) is 5.67. The minimum absolute atomic E-state index is 0.500. The van der Waals surface area contributed by atoms with E-state index in [0.29, 0.717) is 5.92 Å². The standard InChI is InChI=1S/C16H13I/c1-11-13-9-5-6-10-14(13)16(17)15(11)12-7-3-2-4-8-12/h2-11H,1H3. The van der Waals surface area contributed by atoms with Crippen molar-refractivity contribution in [1.29, 1.82) is 0 Å². The molecule has 0 N–H and O–H groups in total. The molecule has 0 saturated carbocycles. The van der Waals surface area contributed by atoms with Crippen molar-refractivity contribution in [3.05, 3.63) is 71.3 Å². The molecule has 0 aliphatic heterocycles. The highest BCUT2D eigenvalue weighted by atomic mass is 127. The van der Waals surface area contributed by atoms with Crippen LogP contribution in [-0.4, -0.2) is 0 Å². The van der Waals surface area contributed by atoms with Crippen LogP contribution in [0.1, 0.15) is 29.5 Å². The van der Waals surface area contributed by atoms with Gasteiger partial charge in [-0.3, -0.25) is 0 Å². The third kappa shape index (κ3) is 1.73. The molecule has 0 spiro atoms. The first kappa shape index (κ1) is 11.0. The van der Waals surface area contributed by atoms with E-state index in [0.717, 1.165) is 0 Å². The first-order chi connectivity index (χ1) is 8.29. The second kappa shape index (κ2) is 4.30. The van der Waals surface area contributed by atoms with Gasteiger partial charge in [-0.25, -0.2) is 0 Å². The Bertz CT molecular complexity index is 581. The van der Waals surface area contributed by atoms with Crippen LogP contribution in [0.2, 0.25) is 0 Å². The lowest BCUT2D eigenvalue weighted by molar-refractivity contribution is 1.01. The topological polar surface area (TPSA) is 0 Å². The van der Waals surface area contributed by atoms with Gasteiger partial charge in [0, 0.05) is 9.50 Å². The number of hydrogen-bond acceptors (Lipinski definition) is 0. The Balaban J connectivity index is 2.18. The lowest BCUT2D eigenvalue weighted by atomic mass is 9.93. The Hall–Kier alpha value is -1.09. The van der Waals surface area contributed by atoms with Gasteiger partial charge in [0.05, 0.1) is 0 Å². The second-order valence-electron chi connectivity index (χ2n) is 4.40. The molecular formula is C16H13I. The summed E-state index contributed by atoms with van der Waals surface area (Å²) in [6.45, 7) is 2.30. The Morgan fingerprint density at radius 3 is 2.24 bits per heavy atom. The number of halogens is 1. The van der Waals surface area contributed by atoms with Gasteiger partial charge in [-0.1, -0.05) is 61.5 Å². The Kier molecular flexibility index (Phi) is 2.79. The van der Waals surface area contributed by atoms with Crippen LogP contribution in [-0.2, 0) is 0 Å². The van der Waals surface area contributed by atoms with Crippen molar-refractivity contribution in [3.63, 3.8) is 0 Å². The summed E-state index contributed by atoms with van der Waals surface area (Å²) in [5.74, 6) is 0.500. The van der Waals surface area contributed by atoms with Crippen LogP contribution in [0.5, 0.6) is 0 Å². The van der Waals surface area contributed by atoms with Crippen LogP contribution < -0.4 is 0 Å². The van der Waals surface area contributed by atoms with Gasteiger partial charge >= 0.3 is 0 Å². The van der Waals surface area contributed by atoms with Gasteiger partial charge in [-0.15, -0.1) is 0 Å². The predicted octanol–water partition coefficient (Wildman–Crippen LogP) is 5.11. The summed E-state index contributed by atoms with van der Waals surface area (Å²) < 4.78 is 1.40. The highest BCUT2D eigenvalue weighted by molar-refractivity contribution is 14.1. The number of hydrogen-bond donors (Lipinski definition) is 0. The van der Waals surface area contributed by atoms with E-state index in [-0.39, 0.29) is 0 Å². The number of allylic oxidation sites excluding steroid dienone is 1. The molecule has 1 aliphatic carbocycles. The summed E-state index contributed by atoms with van der Waals surface area (Å²) in [6.07, 6.45) is 0. The van der Waals surface area contributed by atoms with Crippen LogP contribution in [0.3, 0.4) is 0 Å². The van der Waals surface area contributed by atoms with Gasteiger partial charge in [0.2, 0.25) is 0 Å². The van der Waals surface area contributed by atoms with Gasteiger partial charge in [0.15, 0.2) is 0 Å². The lowest BCUT2D eigenvalue weighted by Gasteiger charge is -2.11. The van der Waals surface area contributed by atoms with E-state index in [1.807, 2.05) is 0 Å². The maximum atomic E-state index is 2.48. The molecule has 2 aromatic rings. The molecule has 0 fully saturated rings. The van der Waals surface area contributed by atoms with E-state index in [9.17, 15) is 0 Å². The number of rotatable bonds is 1. The minimum atomic E-state index is 0.500. The molecule has 84 valence electrons. The molecule has 0 heterocycles. The summed E-state index contributed by atoms with van der Waals surface area (Å²) in [7, 11) is 0. The molecule has 0 bridgehead atoms. The van der Waals surface area contributed by atoms with Crippen molar-refractivity contribution in [3.8, 4) is 0 Å². The van der Waals surface area contributed by atoms with Crippen molar-refractivity contribution in [2.45, 2.75) is 12.8 Å². The molecular weight excluding hydrogens is 319 g/mol. The Labute approximate surface area is 116 Å². The molecule has 1 heteroatoms. The fourth-order valence-electron chi connectivity index (χ4n) is 2.56. The summed E-state index contributed by atoms with van der Waals surface area (Å²) in [4.78, 5) is 0. The van der Waals surface area contributed by atoms with E-state index >= 15 is 0 Å². The van der Waals surface area contributed by atoms with E-state index in [2.05, 4.69) is 84.1 Å². The van der Waals surface area contributed by atoms with E-state index in [1.165, 1.54) is 25.8 Å². The van der Waals surface area contributed by atoms with Crippen LogP contribution in [0.15, 0.2) is 54.6 Å². The average molecular weight is 332 g/mol. The monoisotopic (exact) mass is 332 g/mol. The molecule has 1 unspecified atom stereocenters. The molecule has 1 aliphatic rings. The summed E-state index contributed by atoms with van der Waals surface area (Å²) >= 11 is 2.48. The highest BCUT2D eigenvalue weighted by Crippen LogP contribution is 2.49. The maximum absolute atomic E-state index is 2.48. The molecule has 0 saturated heterocycles. The van der Waals surface area contributed by atoms with Crippen LogP contribution in [0.25, 0.3) is 9.15 Å². The van der Waals surface area contributed by atoms with Crippen LogP contribution in [0.4, 0.5) is 0 Å². The first-order valence-corrected chi connectivity index (χ1v) is 6.91. The molecule has 17 heavy (non-hydrogen) atoms. The van der Waals surface area contributed by atoms with Crippen molar-refractivity contribution in [2.24, 2.45) is 0 Å². The molecule has 0 radical (unpaired) electrons. The van der Waals surface area contributed by atoms with Gasteiger partial charge in [-0.2, -0.15) is 0 Å². The van der Waals surface area contributed by atoms with Gasteiger partial charge in [-0.05, 0) is 44.9 Å². The largest absolute Gasteiger partial charge is 0.0622 e. The van der Waals surface area contributed by atoms with Crippen molar-refractivity contribution in [2.75, 3.05) is 0 Å². The fraction of sp³-hybridized carbons (Fsp3) is 0.125. The van der Waals surface area contributed by atoms with Crippen LogP contribution >= 0.6 is 22.6 Å².